The Morgan fingerprint density at radius 2 is 1.82 bits per heavy atom. The summed E-state index contributed by atoms with van der Waals surface area (Å²) >= 11 is 0. The lowest BCUT2D eigenvalue weighted by molar-refractivity contribution is -0.118. The molecule has 4 rings (SSSR count). The molecule has 0 saturated carbocycles. The number of aromatic nitrogens is 3. The van der Waals surface area contributed by atoms with E-state index < -0.39 is 6.04 Å². The highest BCUT2D eigenvalue weighted by Gasteiger charge is 2.20. The number of amides is 1. The number of carbonyl (C=O) groups is 1. The van der Waals surface area contributed by atoms with E-state index >= 15 is 0 Å². The first-order valence-electron chi connectivity index (χ1n) is 11.1. The molecule has 0 spiro atoms. The maximum Gasteiger partial charge on any atom is 0.247 e. The van der Waals surface area contributed by atoms with Gasteiger partial charge >= 0.3 is 0 Å². The van der Waals surface area contributed by atoms with E-state index in [2.05, 4.69) is 52.8 Å². The number of hydrogen-bond acceptors (Lipinski definition) is 4. The van der Waals surface area contributed by atoms with Crippen molar-refractivity contribution in [3.63, 3.8) is 0 Å². The maximum absolute atomic E-state index is 13.2. The average molecular weight is 440 g/mol. The maximum atomic E-state index is 13.2. The standard InChI is InChI=1S/C27H29N5O/c1-19-9-10-21(20(2)15-19)13-14-28-26(22-7-5-4-6-8-22)27(33)31-25-12-11-23(16-29-25)24-17-30-32(3)18-24/h4-12,15-18,26,28H,13-14H2,1-3H3,(H,29,31,33)/t26-/m1/s1. The summed E-state index contributed by atoms with van der Waals surface area (Å²) in [6, 6.07) is 19.5. The van der Waals surface area contributed by atoms with Gasteiger partial charge in [-0.3, -0.25) is 9.48 Å². The number of pyridine rings is 1. The summed E-state index contributed by atoms with van der Waals surface area (Å²) in [7, 11) is 1.88. The van der Waals surface area contributed by atoms with Crippen LogP contribution in [0.3, 0.4) is 0 Å². The fourth-order valence-electron chi connectivity index (χ4n) is 3.89. The first-order valence-corrected chi connectivity index (χ1v) is 11.1. The number of aryl methyl sites for hydroxylation is 3. The molecule has 168 valence electrons. The molecule has 0 aliphatic carbocycles. The Balaban J connectivity index is 1.44. The minimum Gasteiger partial charge on any atom is -0.309 e. The Hall–Kier alpha value is -3.77. The normalized spacial score (nSPS) is 11.8. The van der Waals surface area contributed by atoms with Crippen LogP contribution in [0.2, 0.25) is 0 Å². The zero-order valence-electron chi connectivity index (χ0n) is 19.2. The fourth-order valence-corrected chi connectivity index (χ4v) is 3.89. The van der Waals surface area contributed by atoms with Gasteiger partial charge in [-0.2, -0.15) is 5.10 Å². The van der Waals surface area contributed by atoms with Crippen molar-refractivity contribution in [2.75, 3.05) is 11.9 Å². The molecule has 2 N–H and O–H groups in total. The second-order valence-corrected chi connectivity index (χ2v) is 8.30. The fraction of sp³-hybridized carbons (Fsp3) is 0.222. The number of anilines is 1. The average Bonchev–Trinajstić information content (AvgIpc) is 3.25. The van der Waals surface area contributed by atoms with Gasteiger partial charge in [0.25, 0.3) is 0 Å². The van der Waals surface area contributed by atoms with E-state index in [-0.39, 0.29) is 5.91 Å². The quantitative estimate of drug-likeness (QED) is 0.421. The summed E-state index contributed by atoms with van der Waals surface area (Å²) in [5.41, 5.74) is 6.67. The number of nitrogens with one attached hydrogen (secondary N) is 2. The molecule has 0 saturated heterocycles. The van der Waals surface area contributed by atoms with E-state index in [9.17, 15) is 4.79 Å². The first kappa shape index (κ1) is 22.4. The zero-order chi connectivity index (χ0) is 23.2. The van der Waals surface area contributed by atoms with Crippen LogP contribution in [-0.2, 0) is 18.3 Å². The molecular formula is C27H29N5O. The van der Waals surface area contributed by atoms with Crippen molar-refractivity contribution in [3.05, 3.63) is 102 Å². The third-order valence-corrected chi connectivity index (χ3v) is 5.69. The van der Waals surface area contributed by atoms with Gasteiger partial charge in [0.15, 0.2) is 0 Å². The van der Waals surface area contributed by atoms with Crippen LogP contribution in [-0.4, -0.2) is 27.2 Å². The van der Waals surface area contributed by atoms with Gasteiger partial charge in [-0.15, -0.1) is 0 Å². The molecule has 6 heteroatoms. The molecule has 6 nitrogen and oxygen atoms in total. The Morgan fingerprint density at radius 3 is 2.48 bits per heavy atom. The van der Waals surface area contributed by atoms with Crippen LogP contribution >= 0.6 is 0 Å². The van der Waals surface area contributed by atoms with E-state index in [0.29, 0.717) is 12.4 Å². The highest BCUT2D eigenvalue weighted by Crippen LogP contribution is 2.20. The largest absolute Gasteiger partial charge is 0.309 e. The van der Waals surface area contributed by atoms with Gasteiger partial charge in [-0.25, -0.2) is 4.98 Å². The second-order valence-electron chi connectivity index (χ2n) is 8.30. The van der Waals surface area contributed by atoms with Crippen molar-refractivity contribution in [1.82, 2.24) is 20.1 Å². The van der Waals surface area contributed by atoms with Crippen molar-refractivity contribution in [2.24, 2.45) is 7.05 Å². The lowest BCUT2D eigenvalue weighted by atomic mass is 10.0. The summed E-state index contributed by atoms with van der Waals surface area (Å²) < 4.78 is 1.75. The highest BCUT2D eigenvalue weighted by molar-refractivity contribution is 5.94. The van der Waals surface area contributed by atoms with Crippen LogP contribution in [0, 0.1) is 13.8 Å². The van der Waals surface area contributed by atoms with Gasteiger partial charge in [0.2, 0.25) is 5.91 Å². The third kappa shape index (κ3) is 5.73. The van der Waals surface area contributed by atoms with Crippen LogP contribution in [0.4, 0.5) is 5.82 Å². The molecule has 0 unspecified atom stereocenters. The Labute approximate surface area is 194 Å². The first-order chi connectivity index (χ1) is 16.0. The Kier molecular flexibility index (Phi) is 6.95. The van der Waals surface area contributed by atoms with Gasteiger partial charge in [0.1, 0.15) is 11.9 Å². The minimum atomic E-state index is -0.475. The zero-order valence-corrected chi connectivity index (χ0v) is 19.2. The molecule has 1 atom stereocenters. The van der Waals surface area contributed by atoms with Gasteiger partial charge in [-0.1, -0.05) is 54.1 Å². The molecule has 0 aliphatic rings. The molecule has 33 heavy (non-hydrogen) atoms. The van der Waals surface area contributed by atoms with E-state index in [0.717, 1.165) is 23.1 Å². The lowest BCUT2D eigenvalue weighted by Crippen LogP contribution is -2.34. The van der Waals surface area contributed by atoms with Crippen LogP contribution in [0.25, 0.3) is 11.1 Å². The van der Waals surface area contributed by atoms with E-state index in [4.69, 9.17) is 0 Å². The number of carbonyl (C=O) groups excluding carboxylic acids is 1. The van der Waals surface area contributed by atoms with Gasteiger partial charge < -0.3 is 10.6 Å². The SMILES string of the molecule is Cc1ccc(CCN[C@@H](C(=O)Nc2ccc(-c3cnn(C)c3)cn2)c2ccccc2)c(C)c1. The van der Waals surface area contributed by atoms with Crippen LogP contribution in [0.5, 0.6) is 0 Å². The van der Waals surface area contributed by atoms with Gasteiger partial charge in [0.05, 0.1) is 6.20 Å². The molecule has 0 bridgehead atoms. The van der Waals surface area contributed by atoms with Crippen molar-refractivity contribution < 1.29 is 4.79 Å². The molecule has 2 aromatic heterocycles. The van der Waals surface area contributed by atoms with Crippen molar-refractivity contribution in [2.45, 2.75) is 26.3 Å². The summed E-state index contributed by atoms with van der Waals surface area (Å²) in [6.45, 7) is 4.91. The van der Waals surface area contributed by atoms with Gasteiger partial charge in [-0.05, 0) is 49.1 Å². The molecule has 1 amide bonds. The smallest absolute Gasteiger partial charge is 0.247 e. The predicted molar refractivity (Wildman–Crippen MR) is 132 cm³/mol. The summed E-state index contributed by atoms with van der Waals surface area (Å²) in [6.07, 6.45) is 6.32. The molecule has 0 aliphatic heterocycles. The Bertz CT molecular complexity index is 1220. The molecule has 4 aromatic rings. The van der Waals surface area contributed by atoms with Crippen molar-refractivity contribution in [3.8, 4) is 11.1 Å². The van der Waals surface area contributed by atoms with E-state index in [1.807, 2.05) is 55.7 Å². The van der Waals surface area contributed by atoms with Crippen LogP contribution in [0.15, 0.2) is 79.3 Å². The number of benzene rings is 2. The molecule has 2 aromatic carbocycles. The van der Waals surface area contributed by atoms with Gasteiger partial charge in [0, 0.05) is 37.1 Å². The van der Waals surface area contributed by atoms with E-state index in [1.165, 1.54) is 16.7 Å². The lowest BCUT2D eigenvalue weighted by Gasteiger charge is -2.19. The summed E-state index contributed by atoms with van der Waals surface area (Å²) in [4.78, 5) is 17.6. The molecule has 0 fully saturated rings. The number of hydrogen-bond donors (Lipinski definition) is 2. The monoisotopic (exact) mass is 439 g/mol. The van der Waals surface area contributed by atoms with Crippen molar-refractivity contribution >= 4 is 11.7 Å². The topological polar surface area (TPSA) is 71.8 Å². The van der Waals surface area contributed by atoms with Crippen LogP contribution < -0.4 is 10.6 Å². The highest BCUT2D eigenvalue weighted by atomic mass is 16.2. The molecular weight excluding hydrogens is 410 g/mol. The molecule has 0 radical (unpaired) electrons. The molecule has 2 heterocycles. The Morgan fingerprint density at radius 1 is 1.00 bits per heavy atom. The number of rotatable bonds is 8. The second kappa shape index (κ2) is 10.2. The van der Waals surface area contributed by atoms with Crippen LogP contribution in [0.1, 0.15) is 28.3 Å². The summed E-state index contributed by atoms with van der Waals surface area (Å²) in [5.74, 6) is 0.383. The number of nitrogens with zero attached hydrogens (tertiary/aromatic N) is 3. The third-order valence-electron chi connectivity index (χ3n) is 5.69. The van der Waals surface area contributed by atoms with E-state index in [1.54, 1.807) is 17.1 Å². The summed E-state index contributed by atoms with van der Waals surface area (Å²) in [5, 5.41) is 10.6. The van der Waals surface area contributed by atoms with Crippen molar-refractivity contribution in [1.29, 1.82) is 0 Å². The minimum absolute atomic E-state index is 0.136. The predicted octanol–water partition coefficient (Wildman–Crippen LogP) is 4.61.